The van der Waals surface area contributed by atoms with Crippen molar-refractivity contribution in [1.82, 2.24) is 10.2 Å². The van der Waals surface area contributed by atoms with E-state index in [0.717, 1.165) is 49.9 Å². The average Bonchev–Trinajstić information content (AvgIpc) is 3.21. The standard InChI is InChI=1S/C24H35N3O3/c1-3-5-6-7-13-25-23(29)20-9-8-14-26(17-20)24(30)19-10-11-21-18(16-19)12-15-27(21)22(28)4-2/h10-11,16,20H,3-9,12-15,17H2,1-2H3,(H,25,29). The number of carbonyl (C=O) groups is 3. The quantitative estimate of drug-likeness (QED) is 0.663. The largest absolute Gasteiger partial charge is 0.356 e. The lowest BCUT2D eigenvalue weighted by Gasteiger charge is -2.32. The lowest BCUT2D eigenvalue weighted by molar-refractivity contribution is -0.126. The Morgan fingerprint density at radius 1 is 1.10 bits per heavy atom. The van der Waals surface area contributed by atoms with Gasteiger partial charge in [-0.2, -0.15) is 0 Å². The molecular weight excluding hydrogens is 378 g/mol. The number of hydrogen-bond acceptors (Lipinski definition) is 3. The minimum Gasteiger partial charge on any atom is -0.356 e. The van der Waals surface area contributed by atoms with E-state index in [1.807, 2.05) is 34.9 Å². The number of hydrogen-bond donors (Lipinski definition) is 1. The minimum absolute atomic E-state index is 0.0153. The molecule has 3 amide bonds. The van der Waals surface area contributed by atoms with Crippen molar-refractivity contribution in [1.29, 1.82) is 0 Å². The normalized spacial score (nSPS) is 18.3. The first-order valence-electron chi connectivity index (χ1n) is 11.5. The number of fused-ring (bicyclic) bond motifs is 1. The van der Waals surface area contributed by atoms with E-state index >= 15 is 0 Å². The second-order valence-corrected chi connectivity index (χ2v) is 8.43. The maximum atomic E-state index is 13.1. The van der Waals surface area contributed by atoms with Crippen LogP contribution in [-0.2, 0) is 16.0 Å². The second-order valence-electron chi connectivity index (χ2n) is 8.43. The number of benzene rings is 1. The molecule has 2 aliphatic rings. The second kappa shape index (κ2) is 10.6. The van der Waals surface area contributed by atoms with Gasteiger partial charge in [-0.1, -0.05) is 33.1 Å². The van der Waals surface area contributed by atoms with Crippen LogP contribution in [0.1, 0.15) is 74.7 Å². The topological polar surface area (TPSA) is 69.7 Å². The van der Waals surface area contributed by atoms with E-state index in [1.165, 1.54) is 12.8 Å². The Labute approximate surface area is 180 Å². The van der Waals surface area contributed by atoms with Gasteiger partial charge in [-0.25, -0.2) is 0 Å². The fourth-order valence-electron chi connectivity index (χ4n) is 4.45. The lowest BCUT2D eigenvalue weighted by Crippen LogP contribution is -2.45. The first-order valence-corrected chi connectivity index (χ1v) is 11.5. The Morgan fingerprint density at radius 2 is 1.93 bits per heavy atom. The van der Waals surface area contributed by atoms with Crippen molar-refractivity contribution < 1.29 is 14.4 Å². The molecule has 3 rings (SSSR count). The fourth-order valence-corrected chi connectivity index (χ4v) is 4.45. The van der Waals surface area contributed by atoms with Crippen LogP contribution in [0.2, 0.25) is 0 Å². The molecule has 0 aromatic heterocycles. The molecule has 2 heterocycles. The summed E-state index contributed by atoms with van der Waals surface area (Å²) >= 11 is 0. The van der Waals surface area contributed by atoms with E-state index in [9.17, 15) is 14.4 Å². The Bertz CT molecular complexity index is 777. The molecule has 6 heteroatoms. The van der Waals surface area contributed by atoms with Crippen molar-refractivity contribution in [2.45, 2.75) is 65.2 Å². The maximum Gasteiger partial charge on any atom is 0.253 e. The molecule has 0 radical (unpaired) electrons. The predicted molar refractivity (Wildman–Crippen MR) is 119 cm³/mol. The van der Waals surface area contributed by atoms with Gasteiger partial charge in [0, 0.05) is 43.9 Å². The monoisotopic (exact) mass is 413 g/mol. The van der Waals surface area contributed by atoms with Gasteiger partial charge in [0.2, 0.25) is 11.8 Å². The third kappa shape index (κ3) is 5.21. The zero-order valence-corrected chi connectivity index (χ0v) is 18.4. The van der Waals surface area contributed by atoms with E-state index in [0.29, 0.717) is 31.6 Å². The fraction of sp³-hybridized carbons (Fsp3) is 0.625. The number of likely N-dealkylation sites (tertiary alicyclic amines) is 1. The van der Waals surface area contributed by atoms with Crippen LogP contribution in [0, 0.1) is 5.92 Å². The summed E-state index contributed by atoms with van der Waals surface area (Å²) in [5.41, 5.74) is 2.64. The zero-order valence-electron chi connectivity index (χ0n) is 18.4. The summed E-state index contributed by atoms with van der Waals surface area (Å²) in [6.45, 7) is 6.62. The van der Waals surface area contributed by atoms with Crippen molar-refractivity contribution >= 4 is 23.4 Å². The van der Waals surface area contributed by atoms with E-state index < -0.39 is 0 Å². The summed E-state index contributed by atoms with van der Waals surface area (Å²) in [7, 11) is 0. The van der Waals surface area contributed by atoms with E-state index in [-0.39, 0.29) is 23.6 Å². The van der Waals surface area contributed by atoms with Gasteiger partial charge in [-0.15, -0.1) is 0 Å². The van der Waals surface area contributed by atoms with Crippen LogP contribution in [0.3, 0.4) is 0 Å². The number of amides is 3. The molecule has 1 aromatic carbocycles. The molecule has 0 spiro atoms. The number of piperidine rings is 1. The van der Waals surface area contributed by atoms with E-state index in [1.54, 1.807) is 0 Å². The van der Waals surface area contributed by atoms with Crippen LogP contribution in [-0.4, -0.2) is 48.8 Å². The van der Waals surface area contributed by atoms with Crippen molar-refractivity contribution in [2.75, 3.05) is 31.1 Å². The van der Waals surface area contributed by atoms with Crippen molar-refractivity contribution in [3.8, 4) is 0 Å². The van der Waals surface area contributed by atoms with Gasteiger partial charge in [-0.05, 0) is 49.4 Å². The number of carbonyl (C=O) groups excluding carboxylic acids is 3. The van der Waals surface area contributed by atoms with Crippen LogP contribution in [0.25, 0.3) is 0 Å². The molecule has 164 valence electrons. The summed E-state index contributed by atoms with van der Waals surface area (Å²) in [5, 5.41) is 3.05. The maximum absolute atomic E-state index is 13.1. The van der Waals surface area contributed by atoms with Crippen molar-refractivity contribution in [3.05, 3.63) is 29.3 Å². The van der Waals surface area contributed by atoms with E-state index in [2.05, 4.69) is 12.2 Å². The Kier molecular flexibility index (Phi) is 7.88. The van der Waals surface area contributed by atoms with Crippen LogP contribution in [0.15, 0.2) is 18.2 Å². The van der Waals surface area contributed by atoms with Crippen LogP contribution in [0.5, 0.6) is 0 Å². The molecule has 0 saturated carbocycles. The summed E-state index contributed by atoms with van der Waals surface area (Å²) in [6, 6.07) is 5.64. The van der Waals surface area contributed by atoms with Gasteiger partial charge >= 0.3 is 0 Å². The predicted octanol–water partition coefficient (Wildman–Crippen LogP) is 3.53. The average molecular weight is 414 g/mol. The Balaban J connectivity index is 1.58. The molecule has 1 atom stereocenters. The van der Waals surface area contributed by atoms with Gasteiger partial charge in [0.1, 0.15) is 0 Å². The van der Waals surface area contributed by atoms with Crippen LogP contribution >= 0.6 is 0 Å². The number of nitrogens with zero attached hydrogens (tertiary/aromatic N) is 2. The summed E-state index contributed by atoms with van der Waals surface area (Å²) in [4.78, 5) is 41.3. The molecule has 1 fully saturated rings. The van der Waals surface area contributed by atoms with Crippen LogP contribution < -0.4 is 10.2 Å². The molecule has 2 aliphatic heterocycles. The molecule has 0 aliphatic carbocycles. The highest BCUT2D eigenvalue weighted by Gasteiger charge is 2.30. The molecule has 0 bridgehead atoms. The smallest absolute Gasteiger partial charge is 0.253 e. The minimum atomic E-state index is -0.124. The molecule has 1 aromatic rings. The lowest BCUT2D eigenvalue weighted by atomic mass is 9.96. The summed E-state index contributed by atoms with van der Waals surface area (Å²) < 4.78 is 0. The van der Waals surface area contributed by atoms with Crippen LogP contribution in [0.4, 0.5) is 5.69 Å². The Hall–Kier alpha value is -2.37. The van der Waals surface area contributed by atoms with Crippen molar-refractivity contribution in [3.63, 3.8) is 0 Å². The molecule has 1 N–H and O–H groups in total. The number of rotatable bonds is 8. The van der Waals surface area contributed by atoms with E-state index in [4.69, 9.17) is 0 Å². The van der Waals surface area contributed by atoms with Gasteiger partial charge in [0.25, 0.3) is 5.91 Å². The molecule has 1 saturated heterocycles. The van der Waals surface area contributed by atoms with Gasteiger partial charge in [0.15, 0.2) is 0 Å². The first kappa shape index (κ1) is 22.3. The summed E-state index contributed by atoms with van der Waals surface area (Å²) in [6.07, 6.45) is 7.50. The van der Waals surface area contributed by atoms with Gasteiger partial charge < -0.3 is 15.1 Å². The SMILES string of the molecule is CCCCCCNC(=O)C1CCCN(C(=O)c2ccc3c(c2)CCN3C(=O)CC)C1. The third-order valence-electron chi connectivity index (χ3n) is 6.23. The number of unbranched alkanes of at least 4 members (excludes halogenated alkanes) is 3. The summed E-state index contributed by atoms with van der Waals surface area (Å²) in [5.74, 6) is 0.0542. The highest BCUT2D eigenvalue weighted by Crippen LogP contribution is 2.30. The highest BCUT2D eigenvalue weighted by atomic mass is 16.2. The first-order chi connectivity index (χ1) is 14.5. The van der Waals surface area contributed by atoms with Gasteiger partial charge in [0.05, 0.1) is 5.92 Å². The molecule has 6 nitrogen and oxygen atoms in total. The molecule has 1 unspecified atom stereocenters. The molecule has 30 heavy (non-hydrogen) atoms. The third-order valence-corrected chi connectivity index (χ3v) is 6.23. The number of nitrogens with one attached hydrogen (secondary N) is 1. The Morgan fingerprint density at radius 3 is 2.70 bits per heavy atom. The zero-order chi connectivity index (χ0) is 21.5. The molecular formula is C24H35N3O3. The van der Waals surface area contributed by atoms with Gasteiger partial charge in [-0.3, -0.25) is 14.4 Å². The highest BCUT2D eigenvalue weighted by molar-refractivity contribution is 5.98. The van der Waals surface area contributed by atoms with Crippen molar-refractivity contribution in [2.24, 2.45) is 5.92 Å². The number of anilines is 1.